The lowest BCUT2D eigenvalue weighted by molar-refractivity contribution is 0.306. The molecule has 2 aromatic heterocycles. The van der Waals surface area contributed by atoms with Gasteiger partial charge in [0.2, 0.25) is 5.88 Å². The summed E-state index contributed by atoms with van der Waals surface area (Å²) in [6, 6.07) is 17.5. The molecule has 0 spiro atoms. The van der Waals surface area contributed by atoms with Crippen molar-refractivity contribution < 1.29 is 14.4 Å². The molecular formula is C23H21N3O3. The van der Waals surface area contributed by atoms with Gasteiger partial charge in [-0.25, -0.2) is 4.98 Å². The van der Waals surface area contributed by atoms with E-state index in [9.17, 15) is 5.21 Å². The maximum Gasteiger partial charge on any atom is 0.230 e. The van der Waals surface area contributed by atoms with Crippen LogP contribution in [-0.4, -0.2) is 34.0 Å². The normalized spacial score (nSPS) is 14.8. The van der Waals surface area contributed by atoms with Crippen LogP contribution in [0, 0.1) is 6.92 Å². The third-order valence-corrected chi connectivity index (χ3v) is 5.30. The van der Waals surface area contributed by atoms with E-state index in [1.807, 2.05) is 61.5 Å². The van der Waals surface area contributed by atoms with Crippen LogP contribution < -0.4 is 4.74 Å². The van der Waals surface area contributed by atoms with Crippen molar-refractivity contribution in [1.29, 1.82) is 0 Å². The Kier molecular flexibility index (Phi) is 4.31. The van der Waals surface area contributed by atoms with Crippen LogP contribution in [-0.2, 0) is 0 Å². The zero-order valence-electron chi connectivity index (χ0n) is 16.1. The van der Waals surface area contributed by atoms with Crippen LogP contribution in [0.5, 0.6) is 11.6 Å². The molecule has 0 unspecified atom stereocenters. The number of para-hydroxylation sites is 1. The smallest absolute Gasteiger partial charge is 0.230 e. The van der Waals surface area contributed by atoms with Gasteiger partial charge in [0.05, 0.1) is 5.56 Å². The SMILES string of the molecule is Cc1ccc(/C(=N/O)N2CCCC2)c(Oc2ccc3oc4ccccc4c3c2)n1. The fraction of sp³-hybridized carbons (Fsp3) is 0.217. The first-order valence-electron chi connectivity index (χ1n) is 9.77. The van der Waals surface area contributed by atoms with Gasteiger partial charge in [0, 0.05) is 29.6 Å². The number of fused-ring (bicyclic) bond motifs is 3. The molecule has 5 rings (SSSR count). The fourth-order valence-corrected chi connectivity index (χ4v) is 3.88. The number of hydrogen-bond acceptors (Lipinski definition) is 5. The second kappa shape index (κ2) is 7.13. The second-order valence-corrected chi connectivity index (χ2v) is 7.28. The molecule has 1 aliphatic heterocycles. The number of aryl methyl sites for hydroxylation is 1. The number of ether oxygens (including phenoxy) is 1. The zero-order chi connectivity index (χ0) is 19.8. The number of pyridine rings is 1. The second-order valence-electron chi connectivity index (χ2n) is 7.28. The summed E-state index contributed by atoms with van der Waals surface area (Å²) in [4.78, 5) is 6.64. The summed E-state index contributed by atoms with van der Waals surface area (Å²) >= 11 is 0. The van der Waals surface area contributed by atoms with Crippen LogP contribution in [0.4, 0.5) is 0 Å². The molecule has 0 atom stereocenters. The van der Waals surface area contributed by atoms with Crippen molar-refractivity contribution in [3.05, 3.63) is 65.9 Å². The van der Waals surface area contributed by atoms with Gasteiger partial charge in [-0.1, -0.05) is 23.4 Å². The molecule has 1 fully saturated rings. The summed E-state index contributed by atoms with van der Waals surface area (Å²) in [5.74, 6) is 1.58. The highest BCUT2D eigenvalue weighted by molar-refractivity contribution is 6.05. The Balaban J connectivity index is 1.56. The van der Waals surface area contributed by atoms with Gasteiger partial charge in [-0.2, -0.15) is 0 Å². The highest BCUT2D eigenvalue weighted by atomic mass is 16.5. The van der Waals surface area contributed by atoms with E-state index in [-0.39, 0.29) is 0 Å². The van der Waals surface area contributed by atoms with Gasteiger partial charge in [-0.15, -0.1) is 0 Å². The first kappa shape index (κ1) is 17.6. The Hall–Kier alpha value is -3.54. The summed E-state index contributed by atoms with van der Waals surface area (Å²) in [6.45, 7) is 3.63. The van der Waals surface area contributed by atoms with E-state index in [4.69, 9.17) is 9.15 Å². The minimum absolute atomic E-state index is 0.428. The third kappa shape index (κ3) is 3.16. The predicted octanol–water partition coefficient (Wildman–Crippen LogP) is 5.31. The number of aromatic nitrogens is 1. The maximum atomic E-state index is 9.68. The van der Waals surface area contributed by atoms with Crippen LogP contribution >= 0.6 is 0 Å². The van der Waals surface area contributed by atoms with Crippen molar-refractivity contribution in [1.82, 2.24) is 9.88 Å². The Labute approximate surface area is 168 Å². The Morgan fingerprint density at radius 3 is 2.66 bits per heavy atom. The van der Waals surface area contributed by atoms with E-state index in [1.54, 1.807) is 0 Å². The molecule has 6 nitrogen and oxygen atoms in total. The van der Waals surface area contributed by atoms with E-state index in [0.29, 0.717) is 23.0 Å². The van der Waals surface area contributed by atoms with Crippen molar-refractivity contribution in [3.8, 4) is 11.6 Å². The molecule has 6 heteroatoms. The fourth-order valence-electron chi connectivity index (χ4n) is 3.88. The van der Waals surface area contributed by atoms with Crippen LogP contribution in [0.25, 0.3) is 21.9 Å². The largest absolute Gasteiger partial charge is 0.456 e. The summed E-state index contributed by atoms with van der Waals surface area (Å²) in [6.07, 6.45) is 2.16. The molecule has 29 heavy (non-hydrogen) atoms. The molecule has 1 saturated heterocycles. The number of nitrogens with zero attached hydrogens (tertiary/aromatic N) is 3. The van der Waals surface area contributed by atoms with Gasteiger partial charge < -0.3 is 19.3 Å². The lowest BCUT2D eigenvalue weighted by Gasteiger charge is -2.20. The highest BCUT2D eigenvalue weighted by Crippen LogP contribution is 2.33. The molecule has 0 radical (unpaired) electrons. The molecule has 146 valence electrons. The van der Waals surface area contributed by atoms with Gasteiger partial charge in [0.25, 0.3) is 0 Å². The van der Waals surface area contributed by atoms with Gasteiger partial charge in [-0.05, 0) is 56.2 Å². The minimum atomic E-state index is 0.428. The molecule has 3 heterocycles. The Morgan fingerprint density at radius 1 is 1.03 bits per heavy atom. The van der Waals surface area contributed by atoms with Gasteiger partial charge in [0.1, 0.15) is 16.9 Å². The molecule has 4 aromatic rings. The predicted molar refractivity (Wildman–Crippen MR) is 112 cm³/mol. The number of hydrogen-bond donors (Lipinski definition) is 1. The zero-order valence-corrected chi connectivity index (χ0v) is 16.1. The average molecular weight is 387 g/mol. The lowest BCUT2D eigenvalue weighted by Crippen LogP contribution is -2.29. The van der Waals surface area contributed by atoms with E-state index in [0.717, 1.165) is 53.6 Å². The van der Waals surface area contributed by atoms with E-state index in [1.165, 1.54) is 0 Å². The molecule has 0 saturated carbocycles. The number of amidine groups is 1. The number of likely N-dealkylation sites (tertiary alicyclic amines) is 1. The molecular weight excluding hydrogens is 366 g/mol. The van der Waals surface area contributed by atoms with Crippen molar-refractivity contribution in [3.63, 3.8) is 0 Å². The van der Waals surface area contributed by atoms with Crippen LogP contribution in [0.1, 0.15) is 24.1 Å². The van der Waals surface area contributed by atoms with E-state index < -0.39 is 0 Å². The van der Waals surface area contributed by atoms with Crippen molar-refractivity contribution in [2.45, 2.75) is 19.8 Å². The molecule has 2 aromatic carbocycles. The Bertz CT molecular complexity index is 1220. The van der Waals surface area contributed by atoms with Crippen molar-refractivity contribution in [2.75, 3.05) is 13.1 Å². The van der Waals surface area contributed by atoms with Crippen LogP contribution in [0.15, 0.2) is 64.2 Å². The van der Waals surface area contributed by atoms with Crippen molar-refractivity contribution in [2.24, 2.45) is 5.16 Å². The highest BCUT2D eigenvalue weighted by Gasteiger charge is 2.23. The third-order valence-electron chi connectivity index (χ3n) is 5.30. The first-order chi connectivity index (χ1) is 14.2. The Morgan fingerprint density at radius 2 is 1.83 bits per heavy atom. The number of oxime groups is 1. The first-order valence-corrected chi connectivity index (χ1v) is 9.77. The molecule has 1 aliphatic rings. The lowest BCUT2D eigenvalue weighted by atomic mass is 10.1. The topological polar surface area (TPSA) is 71.1 Å². The summed E-state index contributed by atoms with van der Waals surface area (Å²) in [5, 5.41) is 15.3. The summed E-state index contributed by atoms with van der Waals surface area (Å²) in [7, 11) is 0. The quantitative estimate of drug-likeness (QED) is 0.223. The van der Waals surface area contributed by atoms with Gasteiger partial charge in [-0.3, -0.25) is 0 Å². The summed E-state index contributed by atoms with van der Waals surface area (Å²) < 4.78 is 12.1. The number of furan rings is 1. The standard InChI is InChI=1S/C23H21N3O3/c1-15-8-10-18(22(25-27)26-12-4-5-13-26)23(24-15)28-16-9-11-21-19(14-16)17-6-2-3-7-20(17)29-21/h2-3,6-11,14,27H,4-5,12-13H2,1H3/b25-22-. The van der Waals surface area contributed by atoms with E-state index >= 15 is 0 Å². The van der Waals surface area contributed by atoms with Crippen LogP contribution in [0.3, 0.4) is 0 Å². The number of benzene rings is 2. The minimum Gasteiger partial charge on any atom is -0.456 e. The molecule has 0 amide bonds. The summed E-state index contributed by atoms with van der Waals surface area (Å²) in [5.41, 5.74) is 3.16. The maximum absolute atomic E-state index is 9.68. The van der Waals surface area contributed by atoms with Gasteiger partial charge >= 0.3 is 0 Å². The average Bonchev–Trinajstić information content (AvgIpc) is 3.38. The van der Waals surface area contributed by atoms with E-state index in [2.05, 4.69) is 15.0 Å². The molecule has 0 aliphatic carbocycles. The van der Waals surface area contributed by atoms with Crippen molar-refractivity contribution >= 4 is 27.8 Å². The van der Waals surface area contributed by atoms with Gasteiger partial charge in [0.15, 0.2) is 5.84 Å². The molecule has 0 bridgehead atoms. The van der Waals surface area contributed by atoms with Crippen LogP contribution in [0.2, 0.25) is 0 Å². The number of rotatable bonds is 3. The monoisotopic (exact) mass is 387 g/mol. The molecule has 1 N–H and O–H groups in total.